The van der Waals surface area contributed by atoms with E-state index in [-0.39, 0.29) is 12.0 Å². The van der Waals surface area contributed by atoms with Crippen LogP contribution in [-0.2, 0) is 0 Å². The second-order valence-electron chi connectivity index (χ2n) is 3.84. The average molecular weight is 197 g/mol. The molecule has 14 heavy (non-hydrogen) atoms. The van der Waals surface area contributed by atoms with Gasteiger partial charge in [-0.05, 0) is 31.9 Å². The lowest BCUT2D eigenvalue weighted by atomic mass is 10.1. The van der Waals surface area contributed by atoms with Crippen LogP contribution in [0.3, 0.4) is 0 Å². The molecule has 0 aliphatic rings. The summed E-state index contributed by atoms with van der Waals surface area (Å²) in [7, 11) is 0. The van der Waals surface area contributed by atoms with Gasteiger partial charge in [-0.2, -0.15) is 4.39 Å². The van der Waals surface area contributed by atoms with Crippen molar-refractivity contribution in [2.24, 2.45) is 0 Å². The lowest BCUT2D eigenvalue weighted by molar-refractivity contribution is 0.237. The van der Waals surface area contributed by atoms with Crippen LogP contribution < -0.4 is 4.74 Å². The summed E-state index contributed by atoms with van der Waals surface area (Å²) in [4.78, 5) is 3.83. The largest absolute Gasteiger partial charge is 0.489 e. The van der Waals surface area contributed by atoms with Crippen molar-refractivity contribution in [2.75, 3.05) is 0 Å². The van der Waals surface area contributed by atoms with Gasteiger partial charge in [0.2, 0.25) is 5.95 Å². The van der Waals surface area contributed by atoms with Gasteiger partial charge < -0.3 is 4.74 Å². The highest BCUT2D eigenvalue weighted by Gasteiger charge is 2.11. The van der Waals surface area contributed by atoms with Crippen LogP contribution in [-0.4, -0.2) is 11.1 Å². The summed E-state index contributed by atoms with van der Waals surface area (Å²) in [6.45, 7) is 7.81. The normalized spacial score (nSPS) is 11.1. The van der Waals surface area contributed by atoms with E-state index in [1.165, 1.54) is 6.07 Å². The van der Waals surface area contributed by atoms with Crippen molar-refractivity contribution >= 4 is 0 Å². The summed E-state index contributed by atoms with van der Waals surface area (Å²) in [6.07, 6.45) is 0.0831. The molecule has 0 saturated carbocycles. The first-order valence-electron chi connectivity index (χ1n) is 4.83. The van der Waals surface area contributed by atoms with Crippen LogP contribution >= 0.6 is 0 Å². The fourth-order valence-corrected chi connectivity index (χ4v) is 1.20. The first-order chi connectivity index (χ1) is 6.50. The molecule has 0 aromatic carbocycles. The van der Waals surface area contributed by atoms with Crippen molar-refractivity contribution in [3.05, 3.63) is 23.8 Å². The molecule has 3 heteroatoms. The van der Waals surface area contributed by atoms with Crippen LogP contribution in [0, 0.1) is 5.95 Å². The smallest absolute Gasteiger partial charge is 0.213 e. The predicted octanol–water partition coefficient (Wildman–Crippen LogP) is 3.13. The highest BCUT2D eigenvalue weighted by Crippen LogP contribution is 2.25. The number of aromatic nitrogens is 1. The summed E-state index contributed by atoms with van der Waals surface area (Å²) in [5.41, 5.74) is 0.679. The number of nitrogens with zero attached hydrogens (tertiary/aromatic N) is 1. The van der Waals surface area contributed by atoms with Gasteiger partial charge in [0.15, 0.2) is 0 Å². The molecule has 0 saturated heterocycles. The fraction of sp³-hybridized carbons (Fsp3) is 0.545. The molecule has 78 valence electrons. The van der Waals surface area contributed by atoms with Crippen LogP contribution in [0.15, 0.2) is 12.1 Å². The third-order valence-corrected chi connectivity index (χ3v) is 1.76. The molecule has 0 unspecified atom stereocenters. The maximum atomic E-state index is 12.9. The van der Waals surface area contributed by atoms with Gasteiger partial charge in [-0.3, -0.25) is 0 Å². The highest BCUT2D eigenvalue weighted by molar-refractivity contribution is 5.29. The summed E-state index contributed by atoms with van der Waals surface area (Å²) in [6, 6.07) is 2.96. The SMILES string of the molecule is CC(C)Oc1ccc(F)nc1C(C)C. The predicted molar refractivity (Wildman–Crippen MR) is 54.0 cm³/mol. The molecule has 0 spiro atoms. The number of hydrogen-bond donors (Lipinski definition) is 0. The third-order valence-electron chi connectivity index (χ3n) is 1.76. The molecule has 1 rings (SSSR count). The quantitative estimate of drug-likeness (QED) is 0.694. The van der Waals surface area contributed by atoms with Crippen LogP contribution in [0.4, 0.5) is 4.39 Å². The number of hydrogen-bond acceptors (Lipinski definition) is 2. The minimum atomic E-state index is -0.454. The van der Waals surface area contributed by atoms with Crippen molar-refractivity contribution in [3.63, 3.8) is 0 Å². The Morgan fingerprint density at radius 2 is 1.86 bits per heavy atom. The van der Waals surface area contributed by atoms with Crippen LogP contribution in [0.1, 0.15) is 39.3 Å². The van der Waals surface area contributed by atoms with Crippen molar-refractivity contribution in [1.29, 1.82) is 0 Å². The lowest BCUT2D eigenvalue weighted by Crippen LogP contribution is -2.09. The molecule has 1 aromatic rings. The van der Waals surface area contributed by atoms with Gasteiger partial charge in [0.1, 0.15) is 5.75 Å². The number of rotatable bonds is 3. The molecule has 0 amide bonds. The van der Waals surface area contributed by atoms with Gasteiger partial charge in [-0.1, -0.05) is 13.8 Å². The third kappa shape index (κ3) is 2.69. The summed E-state index contributed by atoms with van der Waals surface area (Å²) in [5, 5.41) is 0. The molecule has 0 radical (unpaired) electrons. The second-order valence-corrected chi connectivity index (χ2v) is 3.84. The standard InChI is InChI=1S/C11H16FNO/c1-7(2)11-9(14-8(3)4)5-6-10(12)13-11/h5-8H,1-4H3. The molecule has 0 aliphatic heterocycles. The van der Waals surface area contributed by atoms with Gasteiger partial charge in [0.05, 0.1) is 11.8 Å². The Morgan fingerprint density at radius 3 is 2.36 bits per heavy atom. The van der Waals surface area contributed by atoms with Crippen molar-refractivity contribution in [3.8, 4) is 5.75 Å². The van der Waals surface area contributed by atoms with E-state index in [4.69, 9.17) is 4.74 Å². The Labute approximate surface area is 84.1 Å². The van der Waals surface area contributed by atoms with E-state index in [0.29, 0.717) is 11.4 Å². The Bertz CT molecular complexity index is 310. The monoisotopic (exact) mass is 197 g/mol. The molecular formula is C11H16FNO. The van der Waals surface area contributed by atoms with E-state index >= 15 is 0 Å². The average Bonchev–Trinajstić information content (AvgIpc) is 2.07. The summed E-state index contributed by atoms with van der Waals surface area (Å²) >= 11 is 0. The zero-order valence-corrected chi connectivity index (χ0v) is 9.04. The Balaban J connectivity index is 3.02. The minimum absolute atomic E-state index is 0.0831. The number of pyridine rings is 1. The van der Waals surface area contributed by atoms with Crippen LogP contribution in [0.2, 0.25) is 0 Å². The molecular weight excluding hydrogens is 181 g/mol. The van der Waals surface area contributed by atoms with Crippen molar-refractivity contribution in [2.45, 2.75) is 39.7 Å². The van der Waals surface area contributed by atoms with E-state index in [0.717, 1.165) is 0 Å². The maximum absolute atomic E-state index is 12.9. The number of halogens is 1. The topological polar surface area (TPSA) is 22.1 Å². The van der Waals surface area contributed by atoms with Gasteiger partial charge in [-0.25, -0.2) is 4.98 Å². The lowest BCUT2D eigenvalue weighted by Gasteiger charge is -2.15. The zero-order valence-electron chi connectivity index (χ0n) is 9.04. The first kappa shape index (κ1) is 11.0. The zero-order chi connectivity index (χ0) is 10.7. The van der Waals surface area contributed by atoms with E-state index in [1.807, 2.05) is 27.7 Å². The minimum Gasteiger partial charge on any atom is -0.489 e. The second kappa shape index (κ2) is 4.40. The maximum Gasteiger partial charge on any atom is 0.213 e. The first-order valence-corrected chi connectivity index (χ1v) is 4.83. The molecule has 0 bridgehead atoms. The molecule has 1 heterocycles. The van der Waals surface area contributed by atoms with Crippen molar-refractivity contribution < 1.29 is 9.13 Å². The Morgan fingerprint density at radius 1 is 1.21 bits per heavy atom. The molecule has 1 aromatic heterocycles. The molecule has 0 atom stereocenters. The van der Waals surface area contributed by atoms with E-state index in [2.05, 4.69) is 4.98 Å². The molecule has 2 nitrogen and oxygen atoms in total. The highest BCUT2D eigenvalue weighted by atomic mass is 19.1. The van der Waals surface area contributed by atoms with Gasteiger partial charge >= 0.3 is 0 Å². The van der Waals surface area contributed by atoms with Gasteiger partial charge in [0, 0.05) is 0 Å². The van der Waals surface area contributed by atoms with Crippen LogP contribution in [0.5, 0.6) is 5.75 Å². The van der Waals surface area contributed by atoms with Crippen LogP contribution in [0.25, 0.3) is 0 Å². The molecule has 0 fully saturated rings. The van der Waals surface area contributed by atoms with E-state index in [1.54, 1.807) is 6.07 Å². The van der Waals surface area contributed by atoms with Gasteiger partial charge in [0.25, 0.3) is 0 Å². The van der Waals surface area contributed by atoms with E-state index in [9.17, 15) is 4.39 Å². The Hall–Kier alpha value is -1.12. The fourth-order valence-electron chi connectivity index (χ4n) is 1.20. The molecule has 0 N–H and O–H groups in total. The van der Waals surface area contributed by atoms with Gasteiger partial charge in [-0.15, -0.1) is 0 Å². The Kier molecular flexibility index (Phi) is 3.44. The van der Waals surface area contributed by atoms with Crippen molar-refractivity contribution in [1.82, 2.24) is 4.98 Å². The summed E-state index contributed by atoms with van der Waals surface area (Å²) in [5.74, 6) is 0.389. The summed E-state index contributed by atoms with van der Waals surface area (Å²) < 4.78 is 18.4. The molecule has 0 aliphatic carbocycles. The number of ether oxygens (including phenoxy) is 1. The van der Waals surface area contributed by atoms with E-state index < -0.39 is 5.95 Å².